The van der Waals surface area contributed by atoms with Crippen molar-refractivity contribution in [1.29, 1.82) is 0 Å². The maximum Gasteiger partial charge on any atom is 0.166 e. The maximum absolute atomic E-state index is 12.2. The number of benzene rings is 1. The number of Topliss-reactive ketones (excluding diaryl/α,β-unsaturated/α-hetero) is 1. The van der Waals surface area contributed by atoms with Crippen molar-refractivity contribution in [3.63, 3.8) is 0 Å². The smallest absolute Gasteiger partial charge is 0.166 e. The molecule has 0 fully saturated rings. The highest BCUT2D eigenvalue weighted by Gasteiger charge is 2.29. The number of carbonyl (C=O) groups excluding carboxylic acids is 1. The third kappa shape index (κ3) is 1.86. The van der Waals surface area contributed by atoms with Crippen molar-refractivity contribution in [3.8, 4) is 0 Å². The molecule has 0 saturated heterocycles. The van der Waals surface area contributed by atoms with Gasteiger partial charge in [0.25, 0.3) is 0 Å². The van der Waals surface area contributed by atoms with Gasteiger partial charge in [-0.05, 0) is 36.1 Å². The van der Waals surface area contributed by atoms with Gasteiger partial charge < -0.3 is 0 Å². The van der Waals surface area contributed by atoms with E-state index in [1.807, 2.05) is 30.3 Å². The zero-order valence-electron chi connectivity index (χ0n) is 9.47. The number of fused-ring (bicyclic) bond motifs is 1. The lowest BCUT2D eigenvalue weighted by molar-refractivity contribution is 0.0936. The second kappa shape index (κ2) is 4.13. The van der Waals surface area contributed by atoms with Crippen LogP contribution in [0.2, 0.25) is 0 Å². The van der Waals surface area contributed by atoms with E-state index in [1.54, 1.807) is 12.4 Å². The summed E-state index contributed by atoms with van der Waals surface area (Å²) in [4.78, 5) is 16.2. The number of nitrogens with zero attached hydrogens (tertiary/aromatic N) is 1. The molecular weight excluding hydrogens is 210 g/mol. The lowest BCUT2D eigenvalue weighted by Gasteiger charge is -2.07. The van der Waals surface area contributed by atoms with Gasteiger partial charge in [-0.15, -0.1) is 0 Å². The number of hydrogen-bond acceptors (Lipinski definition) is 2. The van der Waals surface area contributed by atoms with Gasteiger partial charge in [-0.3, -0.25) is 9.78 Å². The summed E-state index contributed by atoms with van der Waals surface area (Å²) in [7, 11) is 0. The van der Waals surface area contributed by atoms with Gasteiger partial charge in [0.2, 0.25) is 0 Å². The molecule has 0 saturated carbocycles. The van der Waals surface area contributed by atoms with Crippen LogP contribution in [-0.2, 0) is 12.8 Å². The van der Waals surface area contributed by atoms with Gasteiger partial charge >= 0.3 is 0 Å². The molecule has 0 radical (unpaired) electrons. The van der Waals surface area contributed by atoms with Crippen LogP contribution in [0.5, 0.6) is 0 Å². The largest absolute Gasteiger partial charge is 0.294 e. The number of pyridine rings is 1. The molecule has 1 atom stereocenters. The third-order valence-electron chi connectivity index (χ3n) is 3.35. The molecule has 0 bridgehead atoms. The average Bonchev–Trinajstić information content (AvgIpc) is 2.68. The number of ketones is 1. The van der Waals surface area contributed by atoms with Crippen molar-refractivity contribution in [2.24, 2.45) is 5.92 Å². The molecule has 0 amide bonds. The second-order valence-electron chi connectivity index (χ2n) is 4.48. The lowest BCUT2D eigenvalue weighted by Crippen LogP contribution is -2.12. The van der Waals surface area contributed by atoms with Gasteiger partial charge in [0.1, 0.15) is 0 Å². The summed E-state index contributed by atoms with van der Waals surface area (Å²) >= 11 is 0. The standard InChI is InChI=1S/C15H13NO/c17-15-13(9-11-5-7-16-8-6-11)10-12-3-1-2-4-14(12)15/h1-8,13H,9-10H2/t13-/m0/s1. The Morgan fingerprint density at radius 3 is 2.65 bits per heavy atom. The average molecular weight is 223 g/mol. The Bertz CT molecular complexity index is 548. The molecule has 1 heterocycles. The predicted octanol–water partition coefficient (Wildman–Crippen LogP) is 2.68. The molecule has 2 nitrogen and oxygen atoms in total. The monoisotopic (exact) mass is 223 g/mol. The summed E-state index contributed by atoms with van der Waals surface area (Å²) in [5.74, 6) is 0.396. The van der Waals surface area contributed by atoms with E-state index in [9.17, 15) is 4.79 Å². The van der Waals surface area contributed by atoms with Gasteiger partial charge in [-0.1, -0.05) is 24.3 Å². The number of rotatable bonds is 2. The van der Waals surface area contributed by atoms with Crippen molar-refractivity contribution < 1.29 is 4.79 Å². The molecule has 1 aromatic heterocycles. The van der Waals surface area contributed by atoms with Gasteiger partial charge in [-0.25, -0.2) is 0 Å². The topological polar surface area (TPSA) is 30.0 Å². The minimum Gasteiger partial charge on any atom is -0.294 e. The summed E-state index contributed by atoms with van der Waals surface area (Å²) < 4.78 is 0. The van der Waals surface area contributed by atoms with Crippen molar-refractivity contribution in [3.05, 3.63) is 65.5 Å². The van der Waals surface area contributed by atoms with E-state index >= 15 is 0 Å². The summed E-state index contributed by atoms with van der Waals surface area (Å²) in [6.07, 6.45) is 5.25. The molecule has 1 aromatic carbocycles. The summed E-state index contributed by atoms with van der Waals surface area (Å²) in [6, 6.07) is 11.9. The molecule has 2 heteroatoms. The fourth-order valence-corrected chi connectivity index (χ4v) is 2.49. The van der Waals surface area contributed by atoms with Crippen LogP contribution in [0.1, 0.15) is 21.5 Å². The molecule has 0 unspecified atom stereocenters. The van der Waals surface area contributed by atoms with E-state index in [-0.39, 0.29) is 11.7 Å². The van der Waals surface area contributed by atoms with E-state index in [4.69, 9.17) is 0 Å². The van der Waals surface area contributed by atoms with Gasteiger partial charge in [0.15, 0.2) is 5.78 Å². The molecular formula is C15H13NO. The highest BCUT2D eigenvalue weighted by atomic mass is 16.1. The van der Waals surface area contributed by atoms with Crippen LogP contribution in [0.25, 0.3) is 0 Å². The Balaban J connectivity index is 1.83. The van der Waals surface area contributed by atoms with Crippen LogP contribution < -0.4 is 0 Å². The third-order valence-corrected chi connectivity index (χ3v) is 3.35. The van der Waals surface area contributed by atoms with Crippen LogP contribution in [0.15, 0.2) is 48.8 Å². The summed E-state index contributed by atoms with van der Waals surface area (Å²) in [5.41, 5.74) is 3.29. The normalized spacial score (nSPS) is 18.1. The number of aromatic nitrogens is 1. The van der Waals surface area contributed by atoms with Crippen LogP contribution in [0.3, 0.4) is 0 Å². The van der Waals surface area contributed by atoms with Crippen molar-refractivity contribution >= 4 is 5.78 Å². The van der Waals surface area contributed by atoms with Crippen LogP contribution >= 0.6 is 0 Å². The van der Waals surface area contributed by atoms with Gasteiger partial charge in [-0.2, -0.15) is 0 Å². The Morgan fingerprint density at radius 2 is 1.88 bits per heavy atom. The van der Waals surface area contributed by atoms with E-state index in [2.05, 4.69) is 11.1 Å². The van der Waals surface area contributed by atoms with E-state index in [0.29, 0.717) is 0 Å². The highest BCUT2D eigenvalue weighted by molar-refractivity contribution is 6.02. The zero-order valence-corrected chi connectivity index (χ0v) is 9.47. The molecule has 0 N–H and O–H groups in total. The minimum atomic E-state index is 0.106. The molecule has 0 aliphatic heterocycles. The van der Waals surface area contributed by atoms with Crippen molar-refractivity contribution in [1.82, 2.24) is 4.98 Å². The first-order valence-electron chi connectivity index (χ1n) is 5.85. The predicted molar refractivity (Wildman–Crippen MR) is 65.9 cm³/mol. The molecule has 3 rings (SSSR count). The zero-order chi connectivity index (χ0) is 11.7. The molecule has 1 aliphatic carbocycles. The number of hydrogen-bond donors (Lipinski definition) is 0. The Hall–Kier alpha value is -1.96. The van der Waals surface area contributed by atoms with Crippen LogP contribution in [-0.4, -0.2) is 10.8 Å². The highest BCUT2D eigenvalue weighted by Crippen LogP contribution is 2.28. The quantitative estimate of drug-likeness (QED) is 0.783. The van der Waals surface area contributed by atoms with E-state index in [0.717, 1.165) is 18.4 Å². The van der Waals surface area contributed by atoms with Crippen molar-refractivity contribution in [2.45, 2.75) is 12.8 Å². The minimum absolute atomic E-state index is 0.106. The Labute approximate surface area is 100 Å². The summed E-state index contributed by atoms with van der Waals surface area (Å²) in [5, 5.41) is 0. The van der Waals surface area contributed by atoms with Crippen LogP contribution in [0, 0.1) is 5.92 Å². The SMILES string of the molecule is O=C1c2ccccc2C[C@@H]1Cc1ccncc1. The first-order chi connectivity index (χ1) is 8.34. The lowest BCUT2D eigenvalue weighted by atomic mass is 9.96. The molecule has 2 aromatic rings. The fourth-order valence-electron chi connectivity index (χ4n) is 2.49. The Morgan fingerprint density at radius 1 is 1.12 bits per heavy atom. The second-order valence-corrected chi connectivity index (χ2v) is 4.48. The number of carbonyl (C=O) groups is 1. The van der Waals surface area contributed by atoms with Crippen molar-refractivity contribution in [2.75, 3.05) is 0 Å². The molecule has 0 spiro atoms. The Kier molecular flexibility index (Phi) is 2.48. The van der Waals surface area contributed by atoms with E-state index < -0.39 is 0 Å². The fraction of sp³-hybridized carbons (Fsp3) is 0.200. The van der Waals surface area contributed by atoms with Gasteiger partial charge in [0.05, 0.1) is 0 Å². The molecule has 17 heavy (non-hydrogen) atoms. The van der Waals surface area contributed by atoms with E-state index in [1.165, 1.54) is 11.1 Å². The first-order valence-corrected chi connectivity index (χ1v) is 5.85. The van der Waals surface area contributed by atoms with Crippen LogP contribution in [0.4, 0.5) is 0 Å². The first kappa shape index (κ1) is 10.2. The van der Waals surface area contributed by atoms with Gasteiger partial charge in [0, 0.05) is 23.9 Å². The molecule has 1 aliphatic rings. The maximum atomic E-state index is 12.2. The molecule has 84 valence electrons. The summed E-state index contributed by atoms with van der Waals surface area (Å²) in [6.45, 7) is 0.